The number of fused-ring (bicyclic) bond motifs is 2. The number of methoxy groups -OCH3 is 1. The molecule has 0 aliphatic heterocycles. The van der Waals surface area contributed by atoms with Crippen molar-refractivity contribution in [2.75, 3.05) is 7.11 Å². The number of ether oxygens (including phenoxy) is 1. The lowest BCUT2D eigenvalue weighted by Crippen LogP contribution is -2.41. The van der Waals surface area contributed by atoms with Crippen LogP contribution in [0.25, 0.3) is 11.3 Å². The lowest BCUT2D eigenvalue weighted by Gasteiger charge is -2.19. The van der Waals surface area contributed by atoms with Gasteiger partial charge >= 0.3 is 5.97 Å². The van der Waals surface area contributed by atoms with Gasteiger partial charge in [0.1, 0.15) is 23.0 Å². The Morgan fingerprint density at radius 3 is 2.65 bits per heavy atom. The first kappa shape index (κ1) is 23.1. The molecule has 1 unspecified atom stereocenters. The van der Waals surface area contributed by atoms with Crippen LogP contribution in [0.2, 0.25) is 0 Å². The maximum Gasteiger partial charge on any atom is 0.323 e. The molecule has 4 rings (SSSR count). The first-order chi connectivity index (χ1) is 16.4. The molecule has 0 fully saturated rings. The number of hydrogen-bond acceptors (Lipinski definition) is 7. The molecule has 0 radical (unpaired) electrons. The molecule has 176 valence electrons. The Morgan fingerprint density at radius 1 is 1.06 bits per heavy atom. The number of pyridine rings is 2. The Kier molecular flexibility index (Phi) is 6.69. The zero-order chi connectivity index (χ0) is 24.2. The summed E-state index contributed by atoms with van der Waals surface area (Å²) in [4.78, 5) is 45.5. The van der Waals surface area contributed by atoms with Crippen molar-refractivity contribution in [3.8, 4) is 0 Å². The number of aromatic nitrogens is 4. The van der Waals surface area contributed by atoms with Crippen molar-refractivity contribution in [1.29, 1.82) is 0 Å². The Labute approximate surface area is 195 Å². The SMILES string of the molecule is COC(=O)C(NCc1ccc2nc(CNC(=O)c3cc(=O)n4ccccc4n3)cn2c1)C(C)C. The van der Waals surface area contributed by atoms with Crippen molar-refractivity contribution in [3.05, 3.63) is 82.3 Å². The first-order valence-corrected chi connectivity index (χ1v) is 10.9. The van der Waals surface area contributed by atoms with E-state index in [-0.39, 0.29) is 29.7 Å². The predicted molar refractivity (Wildman–Crippen MR) is 125 cm³/mol. The summed E-state index contributed by atoms with van der Waals surface area (Å²) < 4.78 is 8.11. The second kappa shape index (κ2) is 9.84. The highest BCUT2D eigenvalue weighted by Gasteiger charge is 2.22. The summed E-state index contributed by atoms with van der Waals surface area (Å²) in [7, 11) is 1.38. The van der Waals surface area contributed by atoms with E-state index in [1.165, 1.54) is 17.6 Å². The molecule has 0 aliphatic carbocycles. The van der Waals surface area contributed by atoms with E-state index in [9.17, 15) is 14.4 Å². The maximum absolute atomic E-state index is 12.6. The molecule has 0 saturated carbocycles. The molecule has 2 N–H and O–H groups in total. The monoisotopic (exact) mass is 462 g/mol. The summed E-state index contributed by atoms with van der Waals surface area (Å²) in [6.45, 7) is 4.58. The van der Waals surface area contributed by atoms with Gasteiger partial charge in [-0.3, -0.25) is 18.8 Å². The van der Waals surface area contributed by atoms with Crippen LogP contribution < -0.4 is 16.2 Å². The molecular weight excluding hydrogens is 436 g/mol. The highest BCUT2D eigenvalue weighted by atomic mass is 16.5. The van der Waals surface area contributed by atoms with Crippen molar-refractivity contribution in [2.45, 2.75) is 33.0 Å². The number of carbonyl (C=O) groups excluding carboxylic acids is 2. The molecule has 1 atom stereocenters. The van der Waals surface area contributed by atoms with Crippen LogP contribution >= 0.6 is 0 Å². The third-order valence-electron chi connectivity index (χ3n) is 5.44. The molecule has 4 aromatic rings. The molecule has 10 heteroatoms. The van der Waals surface area contributed by atoms with E-state index in [0.717, 1.165) is 11.2 Å². The third kappa shape index (κ3) is 4.96. The summed E-state index contributed by atoms with van der Waals surface area (Å²) in [5.74, 6) is -0.652. The first-order valence-electron chi connectivity index (χ1n) is 10.9. The topological polar surface area (TPSA) is 119 Å². The van der Waals surface area contributed by atoms with Crippen LogP contribution in [0.15, 0.2) is 59.8 Å². The molecule has 0 bridgehead atoms. The molecule has 4 heterocycles. The minimum absolute atomic E-state index is 0.0543. The Morgan fingerprint density at radius 2 is 1.88 bits per heavy atom. The van der Waals surface area contributed by atoms with E-state index in [1.807, 2.05) is 42.8 Å². The highest BCUT2D eigenvalue weighted by molar-refractivity contribution is 5.92. The van der Waals surface area contributed by atoms with E-state index in [1.54, 1.807) is 24.4 Å². The summed E-state index contributed by atoms with van der Waals surface area (Å²) in [5, 5.41) is 6.00. The number of esters is 1. The van der Waals surface area contributed by atoms with Crippen molar-refractivity contribution in [3.63, 3.8) is 0 Å². The van der Waals surface area contributed by atoms with Crippen LogP contribution in [0.3, 0.4) is 0 Å². The molecule has 34 heavy (non-hydrogen) atoms. The number of amides is 1. The molecule has 4 aromatic heterocycles. The van der Waals surface area contributed by atoms with Gasteiger partial charge in [0, 0.05) is 31.2 Å². The van der Waals surface area contributed by atoms with Gasteiger partial charge in [0.15, 0.2) is 0 Å². The largest absolute Gasteiger partial charge is 0.468 e. The molecule has 0 spiro atoms. The summed E-state index contributed by atoms with van der Waals surface area (Å²) in [6, 6.07) is 9.76. The quantitative estimate of drug-likeness (QED) is 0.382. The predicted octanol–water partition coefficient (Wildman–Crippen LogP) is 1.56. The van der Waals surface area contributed by atoms with Gasteiger partial charge in [-0.25, -0.2) is 9.97 Å². The Hall–Kier alpha value is -4.05. The highest BCUT2D eigenvalue weighted by Crippen LogP contribution is 2.10. The van der Waals surface area contributed by atoms with Crippen molar-refractivity contribution >= 4 is 23.2 Å². The fourth-order valence-corrected chi connectivity index (χ4v) is 3.66. The molecule has 10 nitrogen and oxygen atoms in total. The van der Waals surface area contributed by atoms with Gasteiger partial charge in [0.2, 0.25) is 0 Å². The van der Waals surface area contributed by atoms with Crippen LogP contribution in [-0.2, 0) is 22.6 Å². The Bertz CT molecular complexity index is 1410. The van der Waals surface area contributed by atoms with E-state index in [0.29, 0.717) is 17.9 Å². The van der Waals surface area contributed by atoms with Gasteiger partial charge in [-0.2, -0.15) is 0 Å². The van der Waals surface area contributed by atoms with Crippen LogP contribution in [0.5, 0.6) is 0 Å². The van der Waals surface area contributed by atoms with Crippen molar-refractivity contribution < 1.29 is 14.3 Å². The smallest absolute Gasteiger partial charge is 0.323 e. The normalized spacial score (nSPS) is 12.2. The van der Waals surface area contributed by atoms with E-state index in [2.05, 4.69) is 20.6 Å². The number of hydrogen-bond donors (Lipinski definition) is 2. The molecule has 0 saturated heterocycles. The standard InChI is InChI=1S/C24H26N6O4/c1-15(2)22(24(33)34-3)25-11-16-7-8-19-27-17(14-29(19)13-16)12-26-23(32)18-10-21(31)30-9-5-4-6-20(30)28-18/h4-10,13-15,22,25H,11-12H2,1-3H3,(H,26,32). The second-order valence-corrected chi connectivity index (χ2v) is 8.25. The summed E-state index contributed by atoms with van der Waals surface area (Å²) in [6.07, 6.45) is 5.34. The fourth-order valence-electron chi connectivity index (χ4n) is 3.66. The van der Waals surface area contributed by atoms with Crippen LogP contribution in [0.4, 0.5) is 0 Å². The van der Waals surface area contributed by atoms with E-state index >= 15 is 0 Å². The van der Waals surface area contributed by atoms with Gasteiger partial charge in [-0.15, -0.1) is 0 Å². The lowest BCUT2D eigenvalue weighted by atomic mass is 10.0. The van der Waals surface area contributed by atoms with Gasteiger partial charge in [-0.05, 0) is 29.7 Å². The minimum atomic E-state index is -0.451. The number of nitrogens with zero attached hydrogens (tertiary/aromatic N) is 4. The average Bonchev–Trinajstić information content (AvgIpc) is 3.24. The molecule has 1 amide bonds. The molecular formula is C24H26N6O4. The zero-order valence-electron chi connectivity index (χ0n) is 19.2. The summed E-state index contributed by atoms with van der Waals surface area (Å²) in [5.41, 5.74) is 2.49. The van der Waals surface area contributed by atoms with Gasteiger partial charge in [0.25, 0.3) is 11.5 Å². The van der Waals surface area contributed by atoms with E-state index < -0.39 is 11.9 Å². The minimum Gasteiger partial charge on any atom is -0.468 e. The van der Waals surface area contributed by atoms with E-state index in [4.69, 9.17) is 4.74 Å². The molecule has 0 aliphatic rings. The average molecular weight is 463 g/mol. The van der Waals surface area contributed by atoms with Crippen LogP contribution in [0.1, 0.15) is 35.6 Å². The van der Waals surface area contributed by atoms with Crippen LogP contribution in [0, 0.1) is 5.92 Å². The second-order valence-electron chi connectivity index (χ2n) is 8.25. The summed E-state index contributed by atoms with van der Waals surface area (Å²) >= 11 is 0. The van der Waals surface area contributed by atoms with Gasteiger partial charge in [0.05, 0.1) is 19.3 Å². The zero-order valence-corrected chi connectivity index (χ0v) is 19.2. The number of imidazole rings is 1. The van der Waals surface area contributed by atoms with Crippen molar-refractivity contribution in [2.24, 2.45) is 5.92 Å². The number of carbonyl (C=O) groups is 2. The van der Waals surface area contributed by atoms with Gasteiger partial charge < -0.3 is 19.8 Å². The number of nitrogens with one attached hydrogen (secondary N) is 2. The van der Waals surface area contributed by atoms with Crippen molar-refractivity contribution in [1.82, 2.24) is 29.4 Å². The maximum atomic E-state index is 12.6. The number of rotatable bonds is 8. The van der Waals surface area contributed by atoms with Crippen LogP contribution in [-0.4, -0.2) is 43.8 Å². The van der Waals surface area contributed by atoms with Gasteiger partial charge in [-0.1, -0.05) is 26.0 Å². The fraction of sp³-hybridized carbons (Fsp3) is 0.292. The third-order valence-corrected chi connectivity index (χ3v) is 5.44. The molecule has 0 aromatic carbocycles. The lowest BCUT2D eigenvalue weighted by molar-refractivity contribution is -0.144. The Balaban J connectivity index is 1.43.